The van der Waals surface area contributed by atoms with Gasteiger partial charge in [-0.15, -0.1) is 0 Å². The van der Waals surface area contributed by atoms with Gasteiger partial charge in [0, 0.05) is 50.8 Å². The highest BCUT2D eigenvalue weighted by Gasteiger charge is 2.20. The van der Waals surface area contributed by atoms with E-state index in [9.17, 15) is 0 Å². The zero-order chi connectivity index (χ0) is 14.5. The van der Waals surface area contributed by atoms with Crippen LogP contribution in [0, 0.1) is 0 Å². The summed E-state index contributed by atoms with van der Waals surface area (Å²) in [6.07, 6.45) is 9.70. The van der Waals surface area contributed by atoms with Crippen LogP contribution in [0.4, 0.5) is 5.95 Å². The minimum atomic E-state index is 0.560. The SMILES string of the molecule is CCn1cncc1CNC1CCN(c2ncccn2)CC1. The highest BCUT2D eigenvalue weighted by Crippen LogP contribution is 2.15. The van der Waals surface area contributed by atoms with E-state index in [2.05, 4.69) is 36.7 Å². The van der Waals surface area contributed by atoms with Crippen molar-refractivity contribution in [3.63, 3.8) is 0 Å². The van der Waals surface area contributed by atoms with Crippen LogP contribution in [0.2, 0.25) is 0 Å². The van der Waals surface area contributed by atoms with Gasteiger partial charge in [-0.1, -0.05) is 0 Å². The Hall–Kier alpha value is -1.95. The fourth-order valence-corrected chi connectivity index (χ4v) is 2.77. The molecule has 0 bridgehead atoms. The third kappa shape index (κ3) is 3.39. The minimum Gasteiger partial charge on any atom is -0.341 e. The molecule has 0 aliphatic carbocycles. The second-order valence-electron chi connectivity index (χ2n) is 5.36. The van der Waals surface area contributed by atoms with Crippen LogP contribution in [0.3, 0.4) is 0 Å². The molecule has 3 rings (SSSR count). The Bertz CT molecular complexity index is 544. The first-order valence-corrected chi connectivity index (χ1v) is 7.61. The smallest absolute Gasteiger partial charge is 0.225 e. The average Bonchev–Trinajstić information content (AvgIpc) is 3.02. The molecular formula is C15H22N6. The van der Waals surface area contributed by atoms with Crippen molar-refractivity contribution in [3.05, 3.63) is 36.7 Å². The normalized spacial score (nSPS) is 16.3. The van der Waals surface area contributed by atoms with Crippen molar-refractivity contribution < 1.29 is 0 Å². The Kier molecular flexibility index (Phi) is 4.45. The topological polar surface area (TPSA) is 58.9 Å². The highest BCUT2D eigenvalue weighted by atomic mass is 15.3. The summed E-state index contributed by atoms with van der Waals surface area (Å²) in [6, 6.07) is 2.42. The maximum atomic E-state index is 4.32. The van der Waals surface area contributed by atoms with Crippen molar-refractivity contribution in [2.24, 2.45) is 0 Å². The van der Waals surface area contributed by atoms with E-state index in [1.807, 2.05) is 18.6 Å². The van der Waals surface area contributed by atoms with Crippen LogP contribution in [0.25, 0.3) is 0 Å². The van der Waals surface area contributed by atoms with Crippen LogP contribution in [0.1, 0.15) is 25.5 Å². The Balaban J connectivity index is 1.48. The number of piperidine rings is 1. The lowest BCUT2D eigenvalue weighted by atomic mass is 10.1. The molecule has 1 aliphatic rings. The Morgan fingerprint density at radius 2 is 2.00 bits per heavy atom. The standard InChI is InChI=1S/C15H22N6/c1-2-20-12-16-10-14(20)11-19-13-4-8-21(9-5-13)15-17-6-3-7-18-15/h3,6-7,10,12-13,19H,2,4-5,8-9,11H2,1H3. The number of rotatable bonds is 5. The van der Waals surface area contributed by atoms with Gasteiger partial charge in [-0.3, -0.25) is 0 Å². The maximum absolute atomic E-state index is 4.32. The second-order valence-corrected chi connectivity index (χ2v) is 5.36. The molecule has 1 aliphatic heterocycles. The summed E-state index contributed by atoms with van der Waals surface area (Å²) in [5.41, 5.74) is 1.26. The Morgan fingerprint density at radius 1 is 1.24 bits per heavy atom. The van der Waals surface area contributed by atoms with Gasteiger partial charge >= 0.3 is 0 Å². The Labute approximate surface area is 125 Å². The molecule has 6 heteroatoms. The number of imidazole rings is 1. The number of hydrogen-bond acceptors (Lipinski definition) is 5. The van der Waals surface area contributed by atoms with Crippen molar-refractivity contribution >= 4 is 5.95 Å². The van der Waals surface area contributed by atoms with Gasteiger partial charge in [0.2, 0.25) is 5.95 Å². The molecule has 0 aromatic carbocycles. The molecule has 6 nitrogen and oxygen atoms in total. The summed E-state index contributed by atoms with van der Waals surface area (Å²) in [6.45, 7) is 6.02. The molecule has 1 N–H and O–H groups in total. The molecule has 112 valence electrons. The Morgan fingerprint density at radius 3 is 2.71 bits per heavy atom. The van der Waals surface area contributed by atoms with Gasteiger partial charge in [0.1, 0.15) is 0 Å². The summed E-state index contributed by atoms with van der Waals surface area (Å²) < 4.78 is 2.18. The predicted octanol–water partition coefficient (Wildman–Crippen LogP) is 1.45. The monoisotopic (exact) mass is 286 g/mol. The van der Waals surface area contributed by atoms with Crippen molar-refractivity contribution in [2.45, 2.75) is 38.9 Å². The largest absolute Gasteiger partial charge is 0.341 e. The number of aryl methyl sites for hydroxylation is 1. The van der Waals surface area contributed by atoms with E-state index in [0.29, 0.717) is 6.04 Å². The van der Waals surface area contributed by atoms with E-state index >= 15 is 0 Å². The number of nitrogens with zero attached hydrogens (tertiary/aromatic N) is 5. The molecule has 0 spiro atoms. The third-order valence-electron chi connectivity index (χ3n) is 4.04. The van der Waals surface area contributed by atoms with E-state index in [1.165, 1.54) is 5.69 Å². The van der Waals surface area contributed by atoms with Gasteiger partial charge in [0.05, 0.1) is 12.0 Å². The number of hydrogen-bond donors (Lipinski definition) is 1. The molecule has 1 fully saturated rings. The number of nitrogens with one attached hydrogen (secondary N) is 1. The van der Waals surface area contributed by atoms with Crippen LogP contribution in [0.5, 0.6) is 0 Å². The predicted molar refractivity (Wildman–Crippen MR) is 82.0 cm³/mol. The van der Waals surface area contributed by atoms with Crippen molar-refractivity contribution in [2.75, 3.05) is 18.0 Å². The fraction of sp³-hybridized carbons (Fsp3) is 0.533. The third-order valence-corrected chi connectivity index (χ3v) is 4.04. The van der Waals surface area contributed by atoms with Crippen LogP contribution >= 0.6 is 0 Å². The summed E-state index contributed by atoms with van der Waals surface area (Å²) in [5, 5.41) is 3.64. The molecule has 0 unspecified atom stereocenters. The van der Waals surface area contributed by atoms with Gasteiger partial charge in [-0.2, -0.15) is 0 Å². The second kappa shape index (κ2) is 6.67. The fourth-order valence-electron chi connectivity index (χ4n) is 2.77. The van der Waals surface area contributed by atoms with E-state index in [-0.39, 0.29) is 0 Å². The van der Waals surface area contributed by atoms with E-state index in [4.69, 9.17) is 0 Å². The van der Waals surface area contributed by atoms with Crippen LogP contribution in [-0.2, 0) is 13.1 Å². The van der Waals surface area contributed by atoms with E-state index in [0.717, 1.165) is 45.0 Å². The molecule has 0 radical (unpaired) electrons. The summed E-state index contributed by atoms with van der Waals surface area (Å²) >= 11 is 0. The molecule has 0 amide bonds. The lowest BCUT2D eigenvalue weighted by Crippen LogP contribution is -2.43. The first kappa shape index (κ1) is 14.0. The van der Waals surface area contributed by atoms with Crippen LogP contribution in [0.15, 0.2) is 31.0 Å². The van der Waals surface area contributed by atoms with Crippen LogP contribution in [-0.4, -0.2) is 38.7 Å². The summed E-state index contributed by atoms with van der Waals surface area (Å²) in [4.78, 5) is 15.1. The van der Waals surface area contributed by atoms with Crippen LogP contribution < -0.4 is 10.2 Å². The number of aromatic nitrogens is 4. The van der Waals surface area contributed by atoms with Crippen molar-refractivity contribution in [3.8, 4) is 0 Å². The molecule has 3 heterocycles. The van der Waals surface area contributed by atoms with Crippen molar-refractivity contribution in [1.29, 1.82) is 0 Å². The average molecular weight is 286 g/mol. The van der Waals surface area contributed by atoms with Gasteiger partial charge in [0.15, 0.2) is 0 Å². The summed E-state index contributed by atoms with van der Waals surface area (Å²) in [5.74, 6) is 0.847. The molecule has 2 aromatic heterocycles. The molecule has 2 aromatic rings. The van der Waals surface area contributed by atoms with Crippen molar-refractivity contribution in [1.82, 2.24) is 24.8 Å². The summed E-state index contributed by atoms with van der Waals surface area (Å²) in [7, 11) is 0. The van der Waals surface area contributed by atoms with E-state index in [1.54, 1.807) is 12.4 Å². The van der Waals surface area contributed by atoms with E-state index < -0.39 is 0 Å². The first-order valence-electron chi connectivity index (χ1n) is 7.61. The number of anilines is 1. The lowest BCUT2D eigenvalue weighted by molar-refractivity contribution is 0.406. The zero-order valence-corrected chi connectivity index (χ0v) is 12.4. The maximum Gasteiger partial charge on any atom is 0.225 e. The van der Waals surface area contributed by atoms with Gasteiger partial charge in [-0.05, 0) is 25.8 Å². The van der Waals surface area contributed by atoms with Gasteiger partial charge < -0.3 is 14.8 Å². The van der Waals surface area contributed by atoms with Gasteiger partial charge in [-0.25, -0.2) is 15.0 Å². The molecule has 0 saturated carbocycles. The molecule has 21 heavy (non-hydrogen) atoms. The molecule has 1 saturated heterocycles. The quantitative estimate of drug-likeness (QED) is 0.901. The lowest BCUT2D eigenvalue weighted by Gasteiger charge is -2.32. The zero-order valence-electron chi connectivity index (χ0n) is 12.4. The van der Waals surface area contributed by atoms with Gasteiger partial charge in [0.25, 0.3) is 0 Å². The first-order chi connectivity index (χ1) is 10.4. The molecule has 0 atom stereocenters. The highest BCUT2D eigenvalue weighted by molar-refractivity contribution is 5.29. The minimum absolute atomic E-state index is 0.560. The molecular weight excluding hydrogens is 264 g/mol.